The van der Waals surface area contributed by atoms with E-state index in [0.717, 1.165) is 6.07 Å². The monoisotopic (exact) mass is 198 g/mol. The highest BCUT2D eigenvalue weighted by molar-refractivity contribution is 5.44. The number of nitro groups is 1. The first-order valence-corrected chi connectivity index (χ1v) is 3.90. The third kappa shape index (κ3) is 1.98. The third-order valence-corrected chi connectivity index (χ3v) is 1.82. The molecular weight excluding hydrogens is 188 g/mol. The number of hydrogen-bond donors (Lipinski definition) is 3. The molecule has 76 valence electrons. The highest BCUT2D eigenvalue weighted by atomic mass is 16.6. The van der Waals surface area contributed by atoms with Crippen LogP contribution >= 0.6 is 0 Å². The average Bonchev–Trinajstić information content (AvgIpc) is 2.17. The zero-order valence-electron chi connectivity index (χ0n) is 7.25. The molecule has 1 aromatic rings. The fraction of sp³-hybridized carbons (Fsp3) is 0.250. The summed E-state index contributed by atoms with van der Waals surface area (Å²) in [6, 6.07) is 2.69. The number of nitrogens with two attached hydrogens (primary N) is 1. The molecule has 0 amide bonds. The van der Waals surface area contributed by atoms with Gasteiger partial charge >= 0.3 is 0 Å². The van der Waals surface area contributed by atoms with E-state index in [1.54, 1.807) is 0 Å². The Balaban J connectivity index is 3.14. The number of nitro benzene ring substituents is 1. The zero-order chi connectivity index (χ0) is 10.7. The summed E-state index contributed by atoms with van der Waals surface area (Å²) in [4.78, 5) is 9.81. The van der Waals surface area contributed by atoms with Gasteiger partial charge in [-0.1, -0.05) is 0 Å². The van der Waals surface area contributed by atoms with Gasteiger partial charge < -0.3 is 15.9 Å². The van der Waals surface area contributed by atoms with Gasteiger partial charge in [0.1, 0.15) is 5.75 Å². The number of aromatic hydroxyl groups is 1. The smallest absolute Gasteiger partial charge is 0.270 e. The summed E-state index contributed by atoms with van der Waals surface area (Å²) in [6.45, 7) is -0.380. The van der Waals surface area contributed by atoms with Crippen molar-refractivity contribution in [3.8, 4) is 5.75 Å². The van der Waals surface area contributed by atoms with Gasteiger partial charge in [-0.25, -0.2) is 0 Å². The summed E-state index contributed by atoms with van der Waals surface area (Å²) in [6.07, 6.45) is 0. The van der Waals surface area contributed by atoms with Crippen molar-refractivity contribution in [3.05, 3.63) is 33.9 Å². The first-order chi connectivity index (χ1) is 6.56. The summed E-state index contributed by atoms with van der Waals surface area (Å²) in [7, 11) is 0. The van der Waals surface area contributed by atoms with Crippen molar-refractivity contribution in [1.82, 2.24) is 0 Å². The van der Waals surface area contributed by atoms with Crippen LogP contribution in [-0.4, -0.2) is 21.7 Å². The van der Waals surface area contributed by atoms with Gasteiger partial charge in [0.05, 0.1) is 17.6 Å². The summed E-state index contributed by atoms with van der Waals surface area (Å²) in [5, 5.41) is 28.4. The second kappa shape index (κ2) is 4.03. The topological polar surface area (TPSA) is 110 Å². The maximum Gasteiger partial charge on any atom is 0.270 e. The van der Waals surface area contributed by atoms with E-state index < -0.39 is 11.0 Å². The van der Waals surface area contributed by atoms with Crippen molar-refractivity contribution in [2.75, 3.05) is 6.61 Å². The maximum absolute atomic E-state index is 10.4. The number of aliphatic hydroxyl groups excluding tert-OH is 1. The van der Waals surface area contributed by atoms with Crippen LogP contribution in [0.4, 0.5) is 5.69 Å². The van der Waals surface area contributed by atoms with Crippen LogP contribution in [0.2, 0.25) is 0 Å². The van der Waals surface area contributed by atoms with E-state index >= 15 is 0 Å². The van der Waals surface area contributed by atoms with Gasteiger partial charge in [-0.05, 0) is 6.07 Å². The molecular formula is C8H10N2O4. The van der Waals surface area contributed by atoms with E-state index in [9.17, 15) is 15.2 Å². The number of nitrogens with zero attached hydrogens (tertiary/aromatic N) is 1. The van der Waals surface area contributed by atoms with E-state index in [1.165, 1.54) is 12.1 Å². The average molecular weight is 198 g/mol. The number of aliphatic hydroxyl groups is 1. The fourth-order valence-electron chi connectivity index (χ4n) is 1.05. The first-order valence-electron chi connectivity index (χ1n) is 3.90. The van der Waals surface area contributed by atoms with E-state index in [-0.39, 0.29) is 23.6 Å². The molecule has 1 atom stereocenters. The largest absolute Gasteiger partial charge is 0.508 e. The molecule has 1 aromatic carbocycles. The van der Waals surface area contributed by atoms with Gasteiger partial charge in [-0.15, -0.1) is 0 Å². The Morgan fingerprint density at radius 1 is 1.57 bits per heavy atom. The molecule has 0 unspecified atom stereocenters. The number of non-ortho nitro benzene ring substituents is 1. The van der Waals surface area contributed by atoms with Gasteiger partial charge in [0, 0.05) is 17.7 Å². The molecule has 0 bridgehead atoms. The molecule has 1 rings (SSSR count). The molecule has 4 N–H and O–H groups in total. The predicted molar refractivity (Wildman–Crippen MR) is 48.8 cm³/mol. The first kappa shape index (κ1) is 10.4. The van der Waals surface area contributed by atoms with Gasteiger partial charge in [-0.2, -0.15) is 0 Å². The molecule has 0 fully saturated rings. The molecule has 0 aliphatic carbocycles. The van der Waals surface area contributed by atoms with E-state index in [2.05, 4.69) is 0 Å². The maximum atomic E-state index is 10.4. The van der Waals surface area contributed by atoms with Crippen LogP contribution in [0.5, 0.6) is 5.75 Å². The van der Waals surface area contributed by atoms with Crippen LogP contribution in [0.15, 0.2) is 18.2 Å². The van der Waals surface area contributed by atoms with Gasteiger partial charge in [0.25, 0.3) is 5.69 Å². The van der Waals surface area contributed by atoms with E-state index in [0.29, 0.717) is 0 Å². The standard InChI is InChI=1S/C8H10N2O4/c9-7(4-11)6-3-5(10(13)14)1-2-8(6)12/h1-3,7,11-12H,4,9H2/t7-/m1/s1. The van der Waals surface area contributed by atoms with Crippen LogP contribution in [0.25, 0.3) is 0 Å². The lowest BCUT2D eigenvalue weighted by atomic mass is 10.1. The number of hydrogen-bond acceptors (Lipinski definition) is 5. The van der Waals surface area contributed by atoms with Crippen molar-refractivity contribution in [2.45, 2.75) is 6.04 Å². The number of phenolic OH excluding ortho intramolecular Hbond substituents is 1. The molecule has 0 aliphatic heterocycles. The molecule has 0 radical (unpaired) electrons. The highest BCUT2D eigenvalue weighted by Gasteiger charge is 2.14. The number of phenols is 1. The molecule has 0 aromatic heterocycles. The van der Waals surface area contributed by atoms with Crippen molar-refractivity contribution >= 4 is 5.69 Å². The van der Waals surface area contributed by atoms with Gasteiger partial charge in [0.15, 0.2) is 0 Å². The predicted octanol–water partition coefficient (Wildman–Crippen LogP) is 0.292. The quantitative estimate of drug-likeness (QED) is 0.477. The lowest BCUT2D eigenvalue weighted by molar-refractivity contribution is -0.385. The van der Waals surface area contributed by atoms with Crippen molar-refractivity contribution < 1.29 is 15.1 Å². The van der Waals surface area contributed by atoms with Crippen LogP contribution in [0, 0.1) is 10.1 Å². The molecule has 0 heterocycles. The Morgan fingerprint density at radius 3 is 2.71 bits per heavy atom. The van der Waals surface area contributed by atoms with Crippen LogP contribution in [-0.2, 0) is 0 Å². The lowest BCUT2D eigenvalue weighted by Gasteiger charge is -2.09. The number of rotatable bonds is 3. The van der Waals surface area contributed by atoms with Gasteiger partial charge in [-0.3, -0.25) is 10.1 Å². The Labute approximate surface area is 79.7 Å². The van der Waals surface area contributed by atoms with Crippen LogP contribution < -0.4 is 5.73 Å². The Morgan fingerprint density at radius 2 is 2.21 bits per heavy atom. The second-order valence-electron chi connectivity index (χ2n) is 2.79. The molecule has 0 aliphatic rings. The summed E-state index contributed by atoms with van der Waals surface area (Å²) < 4.78 is 0. The molecule has 6 nitrogen and oxygen atoms in total. The fourth-order valence-corrected chi connectivity index (χ4v) is 1.05. The molecule has 6 heteroatoms. The van der Waals surface area contributed by atoms with Gasteiger partial charge in [0.2, 0.25) is 0 Å². The molecule has 0 spiro atoms. The molecule has 14 heavy (non-hydrogen) atoms. The minimum atomic E-state index is -0.810. The SMILES string of the molecule is N[C@H](CO)c1cc([N+](=O)[O-])ccc1O. The lowest BCUT2D eigenvalue weighted by Crippen LogP contribution is -2.14. The molecule has 0 saturated heterocycles. The molecule has 0 saturated carbocycles. The zero-order valence-corrected chi connectivity index (χ0v) is 7.25. The van der Waals surface area contributed by atoms with Crippen molar-refractivity contribution in [1.29, 1.82) is 0 Å². The van der Waals surface area contributed by atoms with Crippen LogP contribution in [0.3, 0.4) is 0 Å². The summed E-state index contributed by atoms with van der Waals surface area (Å²) in [5.74, 6) is -0.155. The van der Waals surface area contributed by atoms with Crippen LogP contribution in [0.1, 0.15) is 11.6 Å². The minimum Gasteiger partial charge on any atom is -0.508 e. The Hall–Kier alpha value is -1.66. The van der Waals surface area contributed by atoms with E-state index in [4.69, 9.17) is 10.8 Å². The van der Waals surface area contributed by atoms with Crippen molar-refractivity contribution in [3.63, 3.8) is 0 Å². The normalized spacial score (nSPS) is 12.4. The highest BCUT2D eigenvalue weighted by Crippen LogP contribution is 2.26. The third-order valence-electron chi connectivity index (χ3n) is 1.82. The summed E-state index contributed by atoms with van der Waals surface area (Å²) in [5.41, 5.74) is 5.43. The Kier molecular flexibility index (Phi) is 3.00. The van der Waals surface area contributed by atoms with Crippen molar-refractivity contribution in [2.24, 2.45) is 5.73 Å². The second-order valence-corrected chi connectivity index (χ2v) is 2.79. The minimum absolute atomic E-state index is 0.155. The summed E-state index contributed by atoms with van der Waals surface area (Å²) >= 11 is 0. The Bertz CT molecular complexity index is 353. The number of benzene rings is 1. The van der Waals surface area contributed by atoms with E-state index in [1.807, 2.05) is 0 Å².